The Labute approximate surface area is 103 Å². The summed E-state index contributed by atoms with van der Waals surface area (Å²) in [6, 6.07) is 4.45. The average Bonchev–Trinajstić information content (AvgIpc) is 2.84. The van der Waals surface area contributed by atoms with E-state index in [1.807, 2.05) is 0 Å². The predicted octanol–water partition coefficient (Wildman–Crippen LogP) is 1.20. The van der Waals surface area contributed by atoms with E-state index >= 15 is 0 Å². The van der Waals surface area contributed by atoms with Gasteiger partial charge in [0.1, 0.15) is 0 Å². The van der Waals surface area contributed by atoms with E-state index < -0.39 is 11.9 Å². The molecule has 2 heterocycles. The van der Waals surface area contributed by atoms with Gasteiger partial charge in [-0.2, -0.15) is 5.10 Å². The van der Waals surface area contributed by atoms with E-state index in [4.69, 9.17) is 0 Å². The number of rotatable bonds is 3. The van der Waals surface area contributed by atoms with Crippen LogP contribution in [0.2, 0.25) is 0 Å². The number of hydrogen-bond acceptors (Lipinski definition) is 4. The molecule has 6 heteroatoms. The molecule has 94 valence electrons. The van der Waals surface area contributed by atoms with Crippen LogP contribution in [-0.2, 0) is 0 Å². The molecule has 0 amide bonds. The third kappa shape index (κ3) is 1.84. The summed E-state index contributed by atoms with van der Waals surface area (Å²) in [5, 5.41) is 16.9. The van der Waals surface area contributed by atoms with Gasteiger partial charge >= 0.3 is 0 Å². The van der Waals surface area contributed by atoms with Crippen molar-refractivity contribution in [3.05, 3.63) is 42.6 Å². The zero-order valence-corrected chi connectivity index (χ0v) is 9.57. The number of aliphatic hydroxyl groups is 1. The maximum atomic E-state index is 13.5. The molecule has 2 aromatic heterocycles. The summed E-state index contributed by atoms with van der Waals surface area (Å²) in [6.45, 7) is 0. The van der Waals surface area contributed by atoms with Gasteiger partial charge in [0, 0.05) is 18.6 Å². The van der Waals surface area contributed by atoms with Crippen LogP contribution in [-0.4, -0.2) is 32.0 Å². The fourth-order valence-corrected chi connectivity index (χ4v) is 2.24. The van der Waals surface area contributed by atoms with Gasteiger partial charge in [0.05, 0.1) is 18.2 Å². The molecule has 3 rings (SSSR count). The Kier molecular flexibility index (Phi) is 2.71. The first-order valence-electron chi connectivity index (χ1n) is 5.80. The van der Waals surface area contributed by atoms with E-state index in [1.54, 1.807) is 29.2 Å². The molecule has 0 aromatic carbocycles. The van der Waals surface area contributed by atoms with Crippen molar-refractivity contribution < 1.29 is 9.50 Å². The quantitative estimate of drug-likeness (QED) is 0.856. The molecule has 1 aliphatic rings. The van der Waals surface area contributed by atoms with Crippen molar-refractivity contribution in [3.8, 4) is 0 Å². The third-order valence-electron chi connectivity index (χ3n) is 3.21. The molecule has 1 saturated carbocycles. The summed E-state index contributed by atoms with van der Waals surface area (Å²) < 4.78 is 15.2. The maximum Gasteiger partial charge on any atom is 0.165 e. The number of hydrogen-bond donors (Lipinski definition) is 2. The molecule has 2 aromatic rings. The molecule has 0 unspecified atom stereocenters. The molecule has 1 aliphatic carbocycles. The lowest BCUT2D eigenvalue weighted by atomic mass is 9.83. The van der Waals surface area contributed by atoms with Crippen molar-refractivity contribution in [3.63, 3.8) is 0 Å². The fraction of sp³-hybridized carbons (Fsp3) is 0.333. The Morgan fingerprint density at radius 1 is 1.39 bits per heavy atom. The predicted molar refractivity (Wildman–Crippen MR) is 63.5 cm³/mol. The molecule has 5 nitrogen and oxygen atoms in total. The van der Waals surface area contributed by atoms with E-state index in [9.17, 15) is 9.50 Å². The van der Waals surface area contributed by atoms with Gasteiger partial charge in [0.25, 0.3) is 0 Å². The lowest BCUT2D eigenvalue weighted by Gasteiger charge is -2.42. The van der Waals surface area contributed by atoms with Crippen LogP contribution in [0.5, 0.6) is 0 Å². The van der Waals surface area contributed by atoms with E-state index in [0.717, 1.165) is 0 Å². The van der Waals surface area contributed by atoms with Crippen LogP contribution < -0.4 is 5.32 Å². The highest BCUT2D eigenvalue weighted by Gasteiger charge is 2.42. The lowest BCUT2D eigenvalue weighted by Crippen LogP contribution is -2.51. The second kappa shape index (κ2) is 4.38. The largest absolute Gasteiger partial charge is 0.391 e. The molecule has 3 atom stereocenters. The molecule has 0 aliphatic heterocycles. The number of aliphatic hydroxyl groups excluding tert-OH is 1. The van der Waals surface area contributed by atoms with Gasteiger partial charge in [-0.3, -0.25) is 4.68 Å². The standard InChI is InChI=1S/C12H13FN4O/c13-8-3-1-4-14-12(8)16-9-7-10(18)11(9)17-6-2-5-15-17/h1-6,9-11,18H,7H2,(H,14,16)/t9-,10+,11+/m0/s1. The zero-order chi connectivity index (χ0) is 12.5. The first-order chi connectivity index (χ1) is 8.75. The number of anilines is 1. The highest BCUT2D eigenvalue weighted by Crippen LogP contribution is 2.34. The van der Waals surface area contributed by atoms with E-state index in [1.165, 1.54) is 12.3 Å². The smallest absolute Gasteiger partial charge is 0.165 e. The van der Waals surface area contributed by atoms with Crippen molar-refractivity contribution in [1.82, 2.24) is 14.8 Å². The molecule has 2 N–H and O–H groups in total. The van der Waals surface area contributed by atoms with E-state index in [-0.39, 0.29) is 17.9 Å². The average molecular weight is 248 g/mol. The van der Waals surface area contributed by atoms with Gasteiger partial charge in [0.15, 0.2) is 11.6 Å². The summed E-state index contributed by atoms with van der Waals surface area (Å²) in [7, 11) is 0. The van der Waals surface area contributed by atoms with Crippen LogP contribution in [0.4, 0.5) is 10.2 Å². The molecule has 0 radical (unpaired) electrons. The summed E-state index contributed by atoms with van der Waals surface area (Å²) in [6.07, 6.45) is 5.07. The minimum atomic E-state index is -0.464. The molecule has 18 heavy (non-hydrogen) atoms. The number of aromatic nitrogens is 3. The Morgan fingerprint density at radius 3 is 2.94 bits per heavy atom. The van der Waals surface area contributed by atoms with Gasteiger partial charge in [-0.15, -0.1) is 0 Å². The molecule has 0 saturated heterocycles. The Morgan fingerprint density at radius 2 is 2.28 bits per heavy atom. The first-order valence-corrected chi connectivity index (χ1v) is 5.80. The topological polar surface area (TPSA) is 63.0 Å². The highest BCUT2D eigenvalue weighted by molar-refractivity contribution is 5.38. The monoisotopic (exact) mass is 248 g/mol. The molecule has 0 bridgehead atoms. The van der Waals surface area contributed by atoms with Crippen molar-refractivity contribution >= 4 is 5.82 Å². The maximum absolute atomic E-state index is 13.5. The highest BCUT2D eigenvalue weighted by atomic mass is 19.1. The second-order valence-corrected chi connectivity index (χ2v) is 4.36. The van der Waals surface area contributed by atoms with Crippen molar-refractivity contribution in [2.45, 2.75) is 24.6 Å². The first kappa shape index (κ1) is 11.2. The van der Waals surface area contributed by atoms with Crippen LogP contribution in [0.15, 0.2) is 36.8 Å². The molecule has 1 fully saturated rings. The fourth-order valence-electron chi connectivity index (χ4n) is 2.24. The lowest BCUT2D eigenvalue weighted by molar-refractivity contribution is 0.0132. The van der Waals surface area contributed by atoms with Gasteiger partial charge in [0.2, 0.25) is 0 Å². The number of nitrogens with zero attached hydrogens (tertiary/aromatic N) is 3. The van der Waals surface area contributed by atoms with Crippen LogP contribution in [0.25, 0.3) is 0 Å². The van der Waals surface area contributed by atoms with Gasteiger partial charge in [-0.25, -0.2) is 9.37 Å². The second-order valence-electron chi connectivity index (χ2n) is 4.36. The summed E-state index contributed by atoms with van der Waals surface area (Å²) in [5.41, 5.74) is 0. The summed E-state index contributed by atoms with van der Waals surface area (Å²) in [4.78, 5) is 3.94. The molecular weight excluding hydrogens is 235 g/mol. The number of pyridine rings is 1. The van der Waals surface area contributed by atoms with Gasteiger partial charge in [-0.05, 0) is 24.6 Å². The van der Waals surface area contributed by atoms with Gasteiger partial charge < -0.3 is 10.4 Å². The zero-order valence-electron chi connectivity index (χ0n) is 9.57. The third-order valence-corrected chi connectivity index (χ3v) is 3.21. The van der Waals surface area contributed by atoms with Crippen LogP contribution >= 0.6 is 0 Å². The van der Waals surface area contributed by atoms with Gasteiger partial charge in [-0.1, -0.05) is 0 Å². The minimum absolute atomic E-state index is 0.0655. The summed E-state index contributed by atoms with van der Waals surface area (Å²) in [5.74, 6) is -0.176. The SMILES string of the molecule is O[C@@H]1C[C@H](Nc2ncccc2F)[C@H]1n1cccn1. The molecule has 0 spiro atoms. The normalized spacial score (nSPS) is 26.7. The Bertz CT molecular complexity index is 531. The minimum Gasteiger partial charge on any atom is -0.391 e. The Balaban J connectivity index is 1.76. The van der Waals surface area contributed by atoms with E-state index in [0.29, 0.717) is 6.42 Å². The number of nitrogens with one attached hydrogen (secondary N) is 1. The summed E-state index contributed by atoms with van der Waals surface area (Å²) >= 11 is 0. The van der Waals surface area contributed by atoms with Crippen molar-refractivity contribution in [2.75, 3.05) is 5.32 Å². The van der Waals surface area contributed by atoms with Crippen molar-refractivity contribution in [2.24, 2.45) is 0 Å². The Hall–Kier alpha value is -1.95. The van der Waals surface area contributed by atoms with Crippen LogP contribution in [0, 0.1) is 5.82 Å². The van der Waals surface area contributed by atoms with Crippen LogP contribution in [0.3, 0.4) is 0 Å². The molecular formula is C12H13FN4O. The van der Waals surface area contributed by atoms with Crippen LogP contribution in [0.1, 0.15) is 12.5 Å². The van der Waals surface area contributed by atoms with Crippen molar-refractivity contribution in [1.29, 1.82) is 0 Å². The van der Waals surface area contributed by atoms with E-state index in [2.05, 4.69) is 15.4 Å². The number of halogens is 1.